The number of amides is 1. The minimum absolute atomic E-state index is 0. The second-order valence-electron chi connectivity index (χ2n) is 5.13. The molecule has 2 N–H and O–H groups in total. The summed E-state index contributed by atoms with van der Waals surface area (Å²) in [7, 11) is 0. The molecule has 0 spiro atoms. The highest BCUT2D eigenvalue weighted by molar-refractivity contribution is 5.85. The third-order valence-corrected chi connectivity index (χ3v) is 2.96. The molecule has 0 heterocycles. The lowest BCUT2D eigenvalue weighted by Gasteiger charge is -2.27. The number of carbonyl (C=O) groups is 1. The van der Waals surface area contributed by atoms with E-state index in [1.54, 1.807) is 0 Å². The van der Waals surface area contributed by atoms with Crippen LogP contribution in [-0.4, -0.2) is 29.9 Å². The monoisotopic (exact) mass is 264 g/mol. The quantitative estimate of drug-likeness (QED) is 0.769. The van der Waals surface area contributed by atoms with E-state index in [1.807, 2.05) is 11.8 Å². The first-order chi connectivity index (χ1) is 7.42. The van der Waals surface area contributed by atoms with Crippen molar-refractivity contribution in [3.63, 3.8) is 0 Å². The number of hydrogen-bond acceptors (Lipinski definition) is 2. The van der Waals surface area contributed by atoms with Gasteiger partial charge in [-0.15, -0.1) is 12.4 Å². The Hall–Kier alpha value is -0.280. The Morgan fingerprint density at radius 1 is 1.24 bits per heavy atom. The Morgan fingerprint density at radius 3 is 2.12 bits per heavy atom. The predicted molar refractivity (Wildman–Crippen MR) is 76.4 cm³/mol. The minimum Gasteiger partial charge on any atom is -0.341 e. The molecule has 1 unspecified atom stereocenters. The predicted octanol–water partition coefficient (Wildman–Crippen LogP) is 2.68. The summed E-state index contributed by atoms with van der Waals surface area (Å²) in [5.74, 6) is 1.13. The zero-order chi connectivity index (χ0) is 12.7. The molecule has 104 valence electrons. The van der Waals surface area contributed by atoms with Crippen LogP contribution in [0.4, 0.5) is 0 Å². The van der Waals surface area contributed by atoms with E-state index in [0.29, 0.717) is 11.8 Å². The van der Waals surface area contributed by atoms with Crippen molar-refractivity contribution in [1.82, 2.24) is 4.90 Å². The molecular weight excluding hydrogens is 236 g/mol. The number of hydrogen-bond donors (Lipinski definition) is 1. The molecule has 0 saturated heterocycles. The number of likely N-dealkylation sites (N-methyl/N-ethyl adjacent to an activating group) is 1. The molecular formula is C13H29ClN2O. The summed E-state index contributed by atoms with van der Waals surface area (Å²) in [6.07, 6.45) is 1.87. The maximum atomic E-state index is 12.1. The summed E-state index contributed by atoms with van der Waals surface area (Å²) in [6, 6.07) is -0.330. The van der Waals surface area contributed by atoms with Gasteiger partial charge in [-0.05, 0) is 25.2 Å². The van der Waals surface area contributed by atoms with Crippen molar-refractivity contribution in [1.29, 1.82) is 0 Å². The van der Waals surface area contributed by atoms with Crippen LogP contribution in [0.15, 0.2) is 0 Å². The van der Waals surface area contributed by atoms with Gasteiger partial charge in [0, 0.05) is 13.1 Å². The van der Waals surface area contributed by atoms with E-state index in [0.717, 1.165) is 25.9 Å². The van der Waals surface area contributed by atoms with Crippen LogP contribution in [0, 0.1) is 11.8 Å². The summed E-state index contributed by atoms with van der Waals surface area (Å²) in [5, 5.41) is 0. The highest BCUT2D eigenvalue weighted by Gasteiger charge is 2.21. The van der Waals surface area contributed by atoms with Gasteiger partial charge in [0.1, 0.15) is 0 Å². The summed E-state index contributed by atoms with van der Waals surface area (Å²) < 4.78 is 0. The highest BCUT2D eigenvalue weighted by Crippen LogP contribution is 2.09. The van der Waals surface area contributed by atoms with E-state index in [9.17, 15) is 4.79 Å². The van der Waals surface area contributed by atoms with Gasteiger partial charge in [-0.1, -0.05) is 34.1 Å². The lowest BCUT2D eigenvalue weighted by molar-refractivity contribution is -0.133. The maximum Gasteiger partial charge on any atom is 0.239 e. The Kier molecular flexibility index (Phi) is 10.9. The van der Waals surface area contributed by atoms with Crippen molar-refractivity contribution in [3.8, 4) is 0 Å². The van der Waals surface area contributed by atoms with E-state index in [-0.39, 0.29) is 24.4 Å². The summed E-state index contributed by atoms with van der Waals surface area (Å²) in [5.41, 5.74) is 5.92. The molecule has 0 rings (SSSR count). The number of rotatable bonds is 7. The second-order valence-corrected chi connectivity index (χ2v) is 5.13. The fourth-order valence-corrected chi connectivity index (χ4v) is 1.72. The van der Waals surface area contributed by atoms with Crippen LogP contribution in [-0.2, 0) is 4.79 Å². The molecule has 0 aliphatic carbocycles. The Balaban J connectivity index is 0. The molecule has 0 aliphatic heterocycles. The number of halogens is 1. The molecule has 0 saturated carbocycles. The van der Waals surface area contributed by atoms with Crippen LogP contribution in [0.25, 0.3) is 0 Å². The fourth-order valence-electron chi connectivity index (χ4n) is 1.72. The van der Waals surface area contributed by atoms with E-state index in [1.165, 1.54) is 0 Å². The van der Waals surface area contributed by atoms with Crippen LogP contribution >= 0.6 is 12.4 Å². The molecule has 0 aromatic heterocycles. The lowest BCUT2D eigenvalue weighted by Crippen LogP contribution is -2.45. The van der Waals surface area contributed by atoms with Crippen LogP contribution in [0.1, 0.15) is 47.5 Å². The first-order valence-corrected chi connectivity index (χ1v) is 6.46. The molecule has 1 amide bonds. The average Bonchev–Trinajstić information content (AvgIpc) is 2.23. The summed E-state index contributed by atoms with van der Waals surface area (Å²) in [6.45, 7) is 12.1. The highest BCUT2D eigenvalue weighted by atomic mass is 35.5. The van der Waals surface area contributed by atoms with Gasteiger partial charge in [0.05, 0.1) is 6.04 Å². The average molecular weight is 265 g/mol. The van der Waals surface area contributed by atoms with E-state index >= 15 is 0 Å². The largest absolute Gasteiger partial charge is 0.341 e. The van der Waals surface area contributed by atoms with Crippen molar-refractivity contribution in [3.05, 3.63) is 0 Å². The van der Waals surface area contributed by atoms with Crippen molar-refractivity contribution in [2.75, 3.05) is 13.1 Å². The molecule has 0 aromatic carbocycles. The lowest BCUT2D eigenvalue weighted by atomic mass is 10.0. The molecule has 17 heavy (non-hydrogen) atoms. The molecule has 0 bridgehead atoms. The van der Waals surface area contributed by atoms with Gasteiger partial charge in [0.2, 0.25) is 5.91 Å². The van der Waals surface area contributed by atoms with Gasteiger partial charge in [-0.3, -0.25) is 4.79 Å². The standard InChI is InChI=1S/C13H28N2O.ClH/c1-6-11(5)9-15(7-2)13(16)12(14)8-10(3)4;/h10-12H,6-9,14H2,1-5H3;1H/t11?,12-;/m0./s1. The zero-order valence-corrected chi connectivity index (χ0v) is 12.7. The molecule has 0 fully saturated rings. The normalized spacial score (nSPS) is 14.1. The smallest absolute Gasteiger partial charge is 0.239 e. The third kappa shape index (κ3) is 7.61. The third-order valence-electron chi connectivity index (χ3n) is 2.96. The number of nitrogens with two attached hydrogens (primary N) is 1. The van der Waals surface area contributed by atoms with Crippen molar-refractivity contribution >= 4 is 18.3 Å². The fraction of sp³-hybridized carbons (Fsp3) is 0.923. The maximum absolute atomic E-state index is 12.1. The first-order valence-electron chi connectivity index (χ1n) is 6.46. The molecule has 0 radical (unpaired) electrons. The van der Waals surface area contributed by atoms with Crippen molar-refractivity contribution < 1.29 is 4.79 Å². The molecule has 3 nitrogen and oxygen atoms in total. The van der Waals surface area contributed by atoms with Gasteiger partial charge in [-0.25, -0.2) is 0 Å². The molecule has 4 heteroatoms. The van der Waals surface area contributed by atoms with Gasteiger partial charge < -0.3 is 10.6 Å². The second kappa shape index (κ2) is 9.72. The SMILES string of the molecule is CCC(C)CN(CC)C(=O)[C@@H](N)CC(C)C.Cl. The first kappa shape index (κ1) is 19.1. The van der Waals surface area contributed by atoms with Crippen molar-refractivity contribution in [2.45, 2.75) is 53.5 Å². The zero-order valence-electron chi connectivity index (χ0n) is 11.9. The van der Waals surface area contributed by atoms with Gasteiger partial charge in [-0.2, -0.15) is 0 Å². The number of carbonyl (C=O) groups excluding carboxylic acids is 1. The Labute approximate surface area is 113 Å². The van der Waals surface area contributed by atoms with Crippen molar-refractivity contribution in [2.24, 2.45) is 17.6 Å². The van der Waals surface area contributed by atoms with E-state index < -0.39 is 0 Å². The molecule has 0 aliphatic rings. The molecule has 0 aromatic rings. The van der Waals surface area contributed by atoms with E-state index in [4.69, 9.17) is 5.73 Å². The summed E-state index contributed by atoms with van der Waals surface area (Å²) in [4.78, 5) is 14.0. The van der Waals surface area contributed by atoms with Crippen LogP contribution in [0.3, 0.4) is 0 Å². The number of nitrogens with zero attached hydrogens (tertiary/aromatic N) is 1. The van der Waals surface area contributed by atoms with Crippen LogP contribution in [0.5, 0.6) is 0 Å². The van der Waals surface area contributed by atoms with Crippen LogP contribution in [0.2, 0.25) is 0 Å². The topological polar surface area (TPSA) is 46.3 Å². The minimum atomic E-state index is -0.330. The molecule has 2 atom stereocenters. The Bertz CT molecular complexity index is 210. The van der Waals surface area contributed by atoms with Gasteiger partial charge in [0.15, 0.2) is 0 Å². The van der Waals surface area contributed by atoms with Gasteiger partial charge >= 0.3 is 0 Å². The van der Waals surface area contributed by atoms with E-state index in [2.05, 4.69) is 27.7 Å². The Morgan fingerprint density at radius 2 is 1.76 bits per heavy atom. The van der Waals surface area contributed by atoms with Gasteiger partial charge in [0.25, 0.3) is 0 Å². The van der Waals surface area contributed by atoms with Crippen LogP contribution < -0.4 is 5.73 Å². The summed E-state index contributed by atoms with van der Waals surface area (Å²) >= 11 is 0.